The van der Waals surface area contributed by atoms with Gasteiger partial charge in [0.1, 0.15) is 6.04 Å². The Bertz CT molecular complexity index is 811. The molecule has 0 bridgehead atoms. The third kappa shape index (κ3) is 27.7. The second kappa shape index (κ2) is 31.9. The van der Waals surface area contributed by atoms with E-state index in [-0.39, 0.29) is 76.1 Å². The van der Waals surface area contributed by atoms with Gasteiger partial charge in [-0.3, -0.25) is 24.4 Å². The molecule has 0 aromatic rings. The Labute approximate surface area is 287 Å². The molecule has 0 aromatic carbocycles. The number of aliphatic imine (C=N–C) groups is 1. The zero-order valence-electron chi connectivity index (χ0n) is 26.7. The topological polar surface area (TPSA) is 189 Å². The summed E-state index contributed by atoms with van der Waals surface area (Å²) < 4.78 is 0. The molecule has 4 N–H and O–H groups in total. The molecule has 0 rings (SSSR count). The van der Waals surface area contributed by atoms with Crippen LogP contribution >= 0.6 is 0 Å². The van der Waals surface area contributed by atoms with E-state index in [2.05, 4.69) is 22.5 Å². The number of carbonyl (C=O) groups is 3. The standard InChI is InChI=1S/2C15H28N2O4.Ca/c2*1-3-4-5-6-7-9-14(19)16-12-17(10-8-11-18)13(2)15(20)21;/h2*3-4,13,18H,5-12H2,1-2H3,(H,16,19)(H,20,21);/q;;+2/p-2/b2*4-3+;. The quantitative estimate of drug-likeness (QED) is 0.0292. The first-order chi connectivity index (χ1) is 20.0. The Morgan fingerprint density at radius 2 is 1.33 bits per heavy atom. The Hall–Kier alpha value is -1.54. The van der Waals surface area contributed by atoms with Gasteiger partial charge in [0.25, 0.3) is 0 Å². The minimum atomic E-state index is -1.21. The monoisotopic (exact) mass is 638 g/mol. The minimum Gasteiger partial charge on any atom is -0.862 e. The number of aliphatic carboxylic acids is 2. The van der Waals surface area contributed by atoms with Crippen LogP contribution in [-0.4, -0.2) is 138 Å². The molecule has 0 aromatic heterocycles. The van der Waals surface area contributed by atoms with Crippen molar-refractivity contribution in [2.45, 2.75) is 104 Å². The number of carboxylic acids is 2. The summed E-state index contributed by atoms with van der Waals surface area (Å²) in [6, 6.07) is -1.52. The largest absolute Gasteiger partial charge is 2.00 e. The van der Waals surface area contributed by atoms with E-state index in [0.717, 1.165) is 38.5 Å². The number of carbonyl (C=O) groups excluding carboxylic acids is 2. The van der Waals surface area contributed by atoms with Gasteiger partial charge in [-0.1, -0.05) is 24.3 Å². The molecule has 0 heterocycles. The van der Waals surface area contributed by atoms with Gasteiger partial charge in [0, 0.05) is 38.8 Å². The number of rotatable bonds is 24. The average Bonchev–Trinajstić information content (AvgIpc) is 2.96. The number of allylic oxidation sites excluding steroid dienone is 4. The second-order valence-electron chi connectivity index (χ2n) is 9.87. The Morgan fingerprint density at radius 3 is 1.79 bits per heavy atom. The Balaban J connectivity index is -0.000000727. The van der Waals surface area contributed by atoms with Gasteiger partial charge in [-0.05, 0) is 91.4 Å². The third-order valence-electron chi connectivity index (χ3n) is 6.42. The molecular weight excluding hydrogens is 584 g/mol. The summed E-state index contributed by atoms with van der Waals surface area (Å²) in [7, 11) is 0. The smallest absolute Gasteiger partial charge is 0.862 e. The van der Waals surface area contributed by atoms with E-state index in [9.17, 15) is 24.6 Å². The first-order valence-electron chi connectivity index (χ1n) is 14.9. The summed E-state index contributed by atoms with van der Waals surface area (Å²) >= 11 is 0. The maximum Gasteiger partial charge on any atom is 2.00 e. The summed E-state index contributed by atoms with van der Waals surface area (Å²) in [4.78, 5) is 40.6. The van der Waals surface area contributed by atoms with Gasteiger partial charge in [0.2, 0.25) is 5.91 Å². The summed E-state index contributed by atoms with van der Waals surface area (Å²) in [6.07, 6.45) is 15.3. The van der Waals surface area contributed by atoms with Crippen LogP contribution < -0.4 is 15.5 Å². The predicted molar refractivity (Wildman–Crippen MR) is 166 cm³/mol. The van der Waals surface area contributed by atoms with Crippen molar-refractivity contribution < 1.29 is 39.9 Å². The molecule has 0 aliphatic carbocycles. The number of unbranched alkanes of at least 4 members (excludes halogenated alkanes) is 4. The number of nitrogens with one attached hydrogen (secondary N) is 1. The number of aliphatic hydroxyl groups excluding tert-OH is 2. The fraction of sp³-hybridized carbons (Fsp3) is 0.733. The van der Waals surface area contributed by atoms with Gasteiger partial charge >= 0.3 is 43.7 Å². The van der Waals surface area contributed by atoms with Crippen LogP contribution in [0.5, 0.6) is 0 Å². The van der Waals surface area contributed by atoms with Crippen molar-refractivity contribution in [3.8, 4) is 0 Å². The van der Waals surface area contributed by atoms with Gasteiger partial charge in [0.15, 0.2) is 0 Å². The fourth-order valence-corrected chi connectivity index (χ4v) is 3.60. The Morgan fingerprint density at radius 1 is 0.814 bits per heavy atom. The predicted octanol–water partition coefficient (Wildman–Crippen LogP) is 0.635. The van der Waals surface area contributed by atoms with Crippen LogP contribution in [-0.2, 0) is 14.4 Å². The number of amides is 1. The van der Waals surface area contributed by atoms with Crippen molar-refractivity contribution >= 4 is 61.5 Å². The van der Waals surface area contributed by atoms with E-state index in [1.165, 1.54) is 11.8 Å². The summed E-state index contributed by atoms with van der Waals surface area (Å²) in [5.41, 5.74) is 0. The molecule has 0 fully saturated rings. The number of nitrogens with zero attached hydrogens (tertiary/aromatic N) is 3. The van der Waals surface area contributed by atoms with E-state index in [1.807, 2.05) is 26.0 Å². The van der Waals surface area contributed by atoms with Crippen LogP contribution in [0.3, 0.4) is 0 Å². The van der Waals surface area contributed by atoms with Gasteiger partial charge in [0.05, 0.1) is 19.3 Å². The minimum absolute atomic E-state index is 0. The van der Waals surface area contributed by atoms with Gasteiger partial charge in [-0.15, -0.1) is 0 Å². The van der Waals surface area contributed by atoms with Crippen molar-refractivity contribution in [3.63, 3.8) is 0 Å². The van der Waals surface area contributed by atoms with E-state index in [0.29, 0.717) is 38.8 Å². The molecular formula is C30H54CaN4O8. The number of hydrogen-bond donors (Lipinski definition) is 4. The summed E-state index contributed by atoms with van der Waals surface area (Å²) in [6.45, 7) is 7.99. The van der Waals surface area contributed by atoms with E-state index >= 15 is 0 Å². The Kier molecular flexibility index (Phi) is 34.0. The molecule has 2 atom stereocenters. The van der Waals surface area contributed by atoms with E-state index < -0.39 is 24.0 Å². The van der Waals surface area contributed by atoms with Crippen molar-refractivity contribution in [1.29, 1.82) is 0 Å². The first-order valence-corrected chi connectivity index (χ1v) is 14.9. The van der Waals surface area contributed by atoms with E-state index in [4.69, 9.17) is 15.3 Å². The molecule has 12 nitrogen and oxygen atoms in total. The molecule has 0 saturated heterocycles. The third-order valence-corrected chi connectivity index (χ3v) is 6.42. The normalized spacial score (nSPS) is 13.1. The molecule has 43 heavy (non-hydrogen) atoms. The summed E-state index contributed by atoms with van der Waals surface area (Å²) in [5, 5.41) is 51.9. The average molecular weight is 639 g/mol. The summed E-state index contributed by atoms with van der Waals surface area (Å²) in [5.74, 6) is -2.42. The van der Waals surface area contributed by atoms with Crippen LogP contribution in [0.1, 0.15) is 91.9 Å². The van der Waals surface area contributed by atoms with Crippen LogP contribution in [0.15, 0.2) is 29.3 Å². The molecule has 0 aliphatic rings. The maximum atomic E-state index is 11.7. The van der Waals surface area contributed by atoms with Crippen LogP contribution in [0, 0.1) is 0 Å². The molecule has 0 spiro atoms. The van der Waals surface area contributed by atoms with Crippen molar-refractivity contribution in [2.75, 3.05) is 39.6 Å². The van der Waals surface area contributed by atoms with Gasteiger partial charge in [-0.2, -0.15) is 0 Å². The fourth-order valence-electron chi connectivity index (χ4n) is 3.60. The number of carboxylic acid groups (broad SMARTS) is 2. The van der Waals surface area contributed by atoms with Gasteiger partial charge < -0.3 is 35.6 Å². The molecule has 2 unspecified atom stereocenters. The second-order valence-corrected chi connectivity index (χ2v) is 9.87. The molecule has 1 amide bonds. The number of aliphatic hydroxyl groups is 2. The van der Waals surface area contributed by atoms with Crippen molar-refractivity contribution in [3.05, 3.63) is 24.3 Å². The molecule has 244 valence electrons. The van der Waals surface area contributed by atoms with Crippen LogP contribution in [0.25, 0.3) is 0 Å². The molecule has 0 saturated carbocycles. The molecule has 13 heteroatoms. The number of hydrogen-bond acceptors (Lipinski definition) is 10. The van der Waals surface area contributed by atoms with Crippen LogP contribution in [0.4, 0.5) is 0 Å². The van der Waals surface area contributed by atoms with Crippen molar-refractivity contribution in [2.24, 2.45) is 4.99 Å². The zero-order chi connectivity index (χ0) is 32.2. The molecule has 0 aliphatic heterocycles. The van der Waals surface area contributed by atoms with Gasteiger partial charge in [-0.25, -0.2) is 0 Å². The SMILES string of the molecule is C/C=C/CCCCC(=O)NCN(CCCO)C(C)C(=O)O.C/C=C/CCCCC([O-])=NCN(CCCO)C(C)C(=O)[O-].[Ca+2]. The maximum absolute atomic E-state index is 11.7. The van der Waals surface area contributed by atoms with Crippen molar-refractivity contribution in [1.82, 2.24) is 15.1 Å². The van der Waals surface area contributed by atoms with Crippen LogP contribution in [0.2, 0.25) is 0 Å². The molecule has 0 radical (unpaired) electrons. The first kappa shape index (κ1) is 45.9. The van der Waals surface area contributed by atoms with E-state index in [1.54, 1.807) is 11.8 Å². The zero-order valence-corrected chi connectivity index (χ0v) is 28.9.